The Morgan fingerprint density at radius 2 is 1.62 bits per heavy atom. The van der Waals surface area contributed by atoms with Crippen LogP contribution in [0, 0.1) is 0 Å². The van der Waals surface area contributed by atoms with Crippen LogP contribution in [0.5, 0.6) is 0 Å². The van der Waals surface area contributed by atoms with Crippen molar-refractivity contribution in [3.8, 4) is 11.5 Å². The number of aliphatic imine (C=N–C) groups is 1. The van der Waals surface area contributed by atoms with Gasteiger partial charge >= 0.3 is 0 Å². The van der Waals surface area contributed by atoms with Gasteiger partial charge in [-0.1, -0.05) is 40.2 Å². The van der Waals surface area contributed by atoms with E-state index < -0.39 is 0 Å². The first kappa shape index (κ1) is 14.8. The molecule has 3 nitrogen and oxygen atoms in total. The quantitative estimate of drug-likeness (QED) is 0.410. The summed E-state index contributed by atoms with van der Waals surface area (Å²) in [5, 5.41) is 0. The summed E-state index contributed by atoms with van der Waals surface area (Å²) in [7, 11) is 0. The minimum atomic E-state index is 0.625. The third-order valence-electron chi connectivity index (χ3n) is 3.64. The van der Waals surface area contributed by atoms with Crippen LogP contribution in [0.15, 0.2) is 86.7 Å². The molecule has 0 saturated heterocycles. The summed E-state index contributed by atoms with van der Waals surface area (Å²) >= 11 is 3.42. The van der Waals surface area contributed by atoms with Gasteiger partial charge in [0.2, 0.25) is 5.89 Å². The van der Waals surface area contributed by atoms with E-state index >= 15 is 0 Å². The van der Waals surface area contributed by atoms with Gasteiger partial charge in [0.15, 0.2) is 5.58 Å². The lowest BCUT2D eigenvalue weighted by molar-refractivity contribution is 0.620. The van der Waals surface area contributed by atoms with E-state index in [0.29, 0.717) is 5.89 Å². The topological polar surface area (TPSA) is 38.4 Å². The van der Waals surface area contributed by atoms with Gasteiger partial charge in [0.1, 0.15) is 5.52 Å². The molecule has 0 radical (unpaired) electrons. The van der Waals surface area contributed by atoms with Crippen LogP contribution in [-0.2, 0) is 0 Å². The van der Waals surface area contributed by atoms with Gasteiger partial charge < -0.3 is 4.42 Å². The SMILES string of the molecule is Brc1ccc(C=Nc2ccc(-c3nc4ccccc4o3)cc2)cc1. The van der Waals surface area contributed by atoms with Crippen LogP contribution in [0.1, 0.15) is 5.56 Å². The molecule has 0 amide bonds. The molecule has 0 aliphatic carbocycles. The van der Waals surface area contributed by atoms with Crippen molar-refractivity contribution >= 4 is 38.9 Å². The molecule has 4 aromatic rings. The maximum absolute atomic E-state index is 5.78. The summed E-state index contributed by atoms with van der Waals surface area (Å²) in [6, 6.07) is 23.6. The molecule has 0 aliphatic rings. The van der Waals surface area contributed by atoms with Gasteiger partial charge in [-0.3, -0.25) is 4.99 Å². The average molecular weight is 377 g/mol. The highest BCUT2D eigenvalue weighted by atomic mass is 79.9. The molecule has 1 aromatic heterocycles. The van der Waals surface area contributed by atoms with Crippen molar-refractivity contribution < 1.29 is 4.42 Å². The maximum atomic E-state index is 5.78. The van der Waals surface area contributed by atoms with Crippen molar-refractivity contribution in [2.45, 2.75) is 0 Å². The minimum absolute atomic E-state index is 0.625. The number of benzene rings is 3. The Labute approximate surface area is 147 Å². The normalized spacial score (nSPS) is 11.4. The smallest absolute Gasteiger partial charge is 0.227 e. The first-order valence-electron chi connectivity index (χ1n) is 7.54. The lowest BCUT2D eigenvalue weighted by Gasteiger charge is -1.97. The fourth-order valence-corrected chi connectivity index (χ4v) is 2.65. The minimum Gasteiger partial charge on any atom is -0.436 e. The molecule has 0 fully saturated rings. The van der Waals surface area contributed by atoms with Crippen molar-refractivity contribution in [1.82, 2.24) is 4.98 Å². The summed E-state index contributed by atoms with van der Waals surface area (Å²) in [5.41, 5.74) is 4.54. The van der Waals surface area contributed by atoms with Crippen molar-refractivity contribution in [2.24, 2.45) is 4.99 Å². The number of oxazole rings is 1. The van der Waals surface area contributed by atoms with E-state index in [0.717, 1.165) is 32.4 Å². The zero-order valence-corrected chi connectivity index (χ0v) is 14.3. The average Bonchev–Trinajstić information content (AvgIpc) is 3.06. The third-order valence-corrected chi connectivity index (χ3v) is 4.17. The molecule has 4 heteroatoms. The Balaban J connectivity index is 1.57. The van der Waals surface area contributed by atoms with Gasteiger partial charge in [-0.05, 0) is 54.1 Å². The lowest BCUT2D eigenvalue weighted by Crippen LogP contribution is -1.80. The van der Waals surface area contributed by atoms with Crippen LogP contribution in [0.25, 0.3) is 22.6 Å². The molecule has 0 saturated carbocycles. The van der Waals surface area contributed by atoms with Crippen LogP contribution >= 0.6 is 15.9 Å². The lowest BCUT2D eigenvalue weighted by atomic mass is 10.2. The van der Waals surface area contributed by atoms with E-state index in [4.69, 9.17) is 4.42 Å². The molecule has 0 atom stereocenters. The highest BCUT2D eigenvalue weighted by Crippen LogP contribution is 2.25. The van der Waals surface area contributed by atoms with Crippen LogP contribution < -0.4 is 0 Å². The Morgan fingerprint density at radius 3 is 2.38 bits per heavy atom. The Kier molecular flexibility index (Phi) is 3.97. The van der Waals surface area contributed by atoms with Gasteiger partial charge in [0.05, 0.1) is 5.69 Å². The van der Waals surface area contributed by atoms with E-state index in [1.165, 1.54) is 0 Å². The number of hydrogen-bond donors (Lipinski definition) is 0. The van der Waals surface area contributed by atoms with Gasteiger partial charge in [0.25, 0.3) is 0 Å². The molecule has 0 bridgehead atoms. The monoisotopic (exact) mass is 376 g/mol. The predicted molar refractivity (Wildman–Crippen MR) is 101 cm³/mol. The second kappa shape index (κ2) is 6.42. The number of nitrogens with zero attached hydrogens (tertiary/aromatic N) is 2. The summed E-state index contributed by atoms with van der Waals surface area (Å²) < 4.78 is 6.84. The van der Waals surface area contributed by atoms with Crippen molar-refractivity contribution in [1.29, 1.82) is 0 Å². The van der Waals surface area contributed by atoms with Crippen LogP contribution in [-0.4, -0.2) is 11.2 Å². The molecule has 0 unspecified atom stereocenters. The summed E-state index contributed by atoms with van der Waals surface area (Å²) in [5.74, 6) is 0.625. The van der Waals surface area contributed by atoms with Gasteiger partial charge in [-0.15, -0.1) is 0 Å². The Bertz CT molecular complexity index is 969. The largest absolute Gasteiger partial charge is 0.436 e. The number of para-hydroxylation sites is 2. The molecule has 0 spiro atoms. The van der Waals surface area contributed by atoms with Gasteiger partial charge in [-0.25, -0.2) is 4.98 Å². The molecule has 24 heavy (non-hydrogen) atoms. The molecule has 4 rings (SSSR count). The van der Waals surface area contributed by atoms with Crippen LogP contribution in [0.2, 0.25) is 0 Å². The number of aromatic nitrogens is 1. The van der Waals surface area contributed by atoms with E-state index in [1.54, 1.807) is 0 Å². The van der Waals surface area contributed by atoms with E-state index in [9.17, 15) is 0 Å². The molecule has 3 aromatic carbocycles. The second-order valence-electron chi connectivity index (χ2n) is 5.34. The Hall–Kier alpha value is -2.72. The number of rotatable bonds is 3. The first-order valence-corrected chi connectivity index (χ1v) is 8.33. The molecule has 116 valence electrons. The van der Waals surface area contributed by atoms with E-state index in [1.807, 2.05) is 79.0 Å². The molecule has 1 heterocycles. The zero-order chi connectivity index (χ0) is 16.4. The van der Waals surface area contributed by atoms with Crippen LogP contribution in [0.4, 0.5) is 5.69 Å². The van der Waals surface area contributed by atoms with Crippen molar-refractivity contribution in [3.63, 3.8) is 0 Å². The highest BCUT2D eigenvalue weighted by molar-refractivity contribution is 9.10. The maximum Gasteiger partial charge on any atom is 0.227 e. The first-order chi connectivity index (χ1) is 11.8. The summed E-state index contributed by atoms with van der Waals surface area (Å²) in [6.45, 7) is 0. The fourth-order valence-electron chi connectivity index (χ4n) is 2.38. The van der Waals surface area contributed by atoms with Crippen molar-refractivity contribution in [3.05, 3.63) is 82.8 Å². The van der Waals surface area contributed by atoms with Gasteiger partial charge in [0, 0.05) is 16.3 Å². The predicted octanol–water partition coefficient (Wildman–Crippen LogP) is 6.01. The van der Waals surface area contributed by atoms with E-state index in [-0.39, 0.29) is 0 Å². The van der Waals surface area contributed by atoms with E-state index in [2.05, 4.69) is 25.9 Å². The number of fused-ring (bicyclic) bond motifs is 1. The van der Waals surface area contributed by atoms with Crippen molar-refractivity contribution in [2.75, 3.05) is 0 Å². The number of halogens is 1. The number of hydrogen-bond acceptors (Lipinski definition) is 3. The zero-order valence-electron chi connectivity index (χ0n) is 12.7. The van der Waals surface area contributed by atoms with Gasteiger partial charge in [-0.2, -0.15) is 0 Å². The molecule has 0 N–H and O–H groups in total. The standard InChI is InChI=1S/C20H13BrN2O/c21-16-9-5-14(6-10-16)13-22-17-11-7-15(8-12-17)20-23-18-3-1-2-4-19(18)24-20/h1-13H. The Morgan fingerprint density at radius 1 is 0.875 bits per heavy atom. The van der Waals surface area contributed by atoms with Crippen LogP contribution in [0.3, 0.4) is 0 Å². The molecule has 0 aliphatic heterocycles. The molecular formula is C20H13BrN2O. The third kappa shape index (κ3) is 3.14. The summed E-state index contributed by atoms with van der Waals surface area (Å²) in [4.78, 5) is 9.00. The fraction of sp³-hybridized carbons (Fsp3) is 0. The highest BCUT2D eigenvalue weighted by Gasteiger charge is 2.07. The molecular weight excluding hydrogens is 364 g/mol. The second-order valence-corrected chi connectivity index (χ2v) is 6.26. The summed E-state index contributed by atoms with van der Waals surface area (Å²) in [6.07, 6.45) is 1.85.